The zero-order valence-corrected chi connectivity index (χ0v) is 9.69. The molecule has 0 saturated carbocycles. The molecule has 3 nitrogen and oxygen atoms in total. The molecule has 0 bridgehead atoms. The average Bonchev–Trinajstić information content (AvgIpc) is 2.31. The molecular formula is C13H18N2O. The summed E-state index contributed by atoms with van der Waals surface area (Å²) in [6.45, 7) is 4.76. The highest BCUT2D eigenvalue weighted by Gasteiger charge is 2.02. The van der Waals surface area contributed by atoms with Crippen LogP contribution in [0.2, 0.25) is 0 Å². The fourth-order valence-electron chi connectivity index (χ4n) is 1.60. The molecule has 16 heavy (non-hydrogen) atoms. The summed E-state index contributed by atoms with van der Waals surface area (Å²) < 4.78 is 0. The van der Waals surface area contributed by atoms with Crippen molar-refractivity contribution in [3.05, 3.63) is 35.4 Å². The third kappa shape index (κ3) is 4.01. The Hall–Kier alpha value is -1.37. The van der Waals surface area contributed by atoms with E-state index >= 15 is 0 Å². The van der Waals surface area contributed by atoms with Crippen molar-refractivity contribution >= 4 is 0 Å². The molecule has 1 aromatic carbocycles. The largest absolute Gasteiger partial charge is 0.395 e. The van der Waals surface area contributed by atoms with Gasteiger partial charge in [-0.3, -0.25) is 4.90 Å². The first-order valence-corrected chi connectivity index (χ1v) is 5.58. The molecule has 0 aliphatic carbocycles. The van der Waals surface area contributed by atoms with Crippen molar-refractivity contribution in [3.63, 3.8) is 0 Å². The Kier molecular flexibility index (Phi) is 5.55. The van der Waals surface area contributed by atoms with Crippen molar-refractivity contribution in [2.45, 2.75) is 19.9 Å². The van der Waals surface area contributed by atoms with Crippen LogP contribution >= 0.6 is 0 Å². The van der Waals surface area contributed by atoms with Crippen LogP contribution < -0.4 is 0 Å². The van der Waals surface area contributed by atoms with Crippen LogP contribution in [-0.4, -0.2) is 29.7 Å². The van der Waals surface area contributed by atoms with Gasteiger partial charge in [0.15, 0.2) is 0 Å². The lowest BCUT2D eigenvalue weighted by atomic mass is 10.1. The summed E-state index contributed by atoms with van der Waals surface area (Å²) in [4.78, 5) is 2.18. The maximum absolute atomic E-state index is 8.88. The van der Waals surface area contributed by atoms with E-state index in [9.17, 15) is 0 Å². The van der Waals surface area contributed by atoms with E-state index in [1.807, 2.05) is 24.3 Å². The van der Waals surface area contributed by atoms with Crippen molar-refractivity contribution < 1.29 is 5.11 Å². The van der Waals surface area contributed by atoms with Crippen LogP contribution in [-0.2, 0) is 13.0 Å². The van der Waals surface area contributed by atoms with Gasteiger partial charge in [-0.05, 0) is 17.7 Å². The minimum Gasteiger partial charge on any atom is -0.395 e. The maximum Gasteiger partial charge on any atom is 0.0669 e. The Labute approximate surface area is 96.9 Å². The van der Waals surface area contributed by atoms with Gasteiger partial charge >= 0.3 is 0 Å². The zero-order valence-electron chi connectivity index (χ0n) is 9.69. The first-order valence-electron chi connectivity index (χ1n) is 5.58. The molecule has 0 spiro atoms. The monoisotopic (exact) mass is 218 g/mol. The first-order chi connectivity index (χ1) is 7.80. The molecule has 0 atom stereocenters. The Morgan fingerprint density at radius 3 is 2.38 bits per heavy atom. The predicted octanol–water partition coefficient (Wildman–Crippen LogP) is 1.57. The number of likely N-dealkylation sites (N-methyl/N-ethyl adjacent to an activating group) is 1. The molecule has 1 aromatic rings. The van der Waals surface area contributed by atoms with Crippen LogP contribution in [0.15, 0.2) is 24.3 Å². The van der Waals surface area contributed by atoms with E-state index in [1.165, 1.54) is 5.56 Å². The number of rotatable bonds is 6. The van der Waals surface area contributed by atoms with E-state index in [1.54, 1.807) is 0 Å². The summed E-state index contributed by atoms with van der Waals surface area (Å²) in [5.41, 5.74) is 2.27. The van der Waals surface area contributed by atoms with Gasteiger partial charge in [0.1, 0.15) is 0 Å². The fourth-order valence-corrected chi connectivity index (χ4v) is 1.60. The molecule has 1 rings (SSSR count). The topological polar surface area (TPSA) is 47.3 Å². The number of nitriles is 1. The second kappa shape index (κ2) is 7.00. The lowest BCUT2D eigenvalue weighted by Gasteiger charge is -2.19. The van der Waals surface area contributed by atoms with E-state index in [2.05, 4.69) is 17.9 Å². The maximum atomic E-state index is 8.88. The van der Waals surface area contributed by atoms with E-state index < -0.39 is 0 Å². The van der Waals surface area contributed by atoms with Crippen molar-refractivity contribution in [2.75, 3.05) is 19.7 Å². The molecule has 0 heterocycles. The smallest absolute Gasteiger partial charge is 0.0669 e. The van der Waals surface area contributed by atoms with Gasteiger partial charge in [-0.15, -0.1) is 0 Å². The lowest BCUT2D eigenvalue weighted by molar-refractivity contribution is 0.197. The third-order valence-corrected chi connectivity index (χ3v) is 2.58. The number of hydrogen-bond donors (Lipinski definition) is 1. The van der Waals surface area contributed by atoms with E-state index in [0.717, 1.165) is 18.7 Å². The van der Waals surface area contributed by atoms with Crippen molar-refractivity contribution in [2.24, 2.45) is 0 Å². The van der Waals surface area contributed by atoms with Crippen LogP contribution in [0, 0.1) is 11.3 Å². The molecule has 0 aromatic heterocycles. The van der Waals surface area contributed by atoms with Crippen LogP contribution in [0.25, 0.3) is 0 Å². The molecule has 86 valence electrons. The van der Waals surface area contributed by atoms with Gasteiger partial charge in [-0.2, -0.15) is 5.26 Å². The Bertz CT molecular complexity index is 340. The Morgan fingerprint density at radius 1 is 1.25 bits per heavy atom. The van der Waals surface area contributed by atoms with E-state index in [4.69, 9.17) is 10.4 Å². The molecule has 0 aliphatic rings. The van der Waals surface area contributed by atoms with Gasteiger partial charge in [0.05, 0.1) is 19.1 Å². The summed E-state index contributed by atoms with van der Waals surface area (Å²) in [7, 11) is 0. The van der Waals surface area contributed by atoms with Crippen LogP contribution in [0.1, 0.15) is 18.1 Å². The highest BCUT2D eigenvalue weighted by Crippen LogP contribution is 2.07. The van der Waals surface area contributed by atoms with Gasteiger partial charge in [0.25, 0.3) is 0 Å². The summed E-state index contributed by atoms with van der Waals surface area (Å²) in [6.07, 6.45) is 0.467. The molecule has 0 radical (unpaired) electrons. The zero-order chi connectivity index (χ0) is 11.8. The summed E-state index contributed by atoms with van der Waals surface area (Å²) in [5.74, 6) is 0. The number of aliphatic hydroxyl groups is 1. The van der Waals surface area contributed by atoms with Gasteiger partial charge in [-0.25, -0.2) is 0 Å². The van der Waals surface area contributed by atoms with Crippen LogP contribution in [0.5, 0.6) is 0 Å². The normalized spacial score (nSPS) is 10.4. The van der Waals surface area contributed by atoms with Crippen molar-refractivity contribution in [3.8, 4) is 6.07 Å². The number of aliphatic hydroxyl groups excluding tert-OH is 1. The van der Waals surface area contributed by atoms with Gasteiger partial charge in [0, 0.05) is 13.1 Å². The standard InChI is InChI=1S/C13H18N2O/c1-2-15(9-10-16)11-13-5-3-12(4-6-13)7-8-14/h3-6,16H,2,7,9-11H2,1H3. The molecule has 0 aliphatic heterocycles. The summed E-state index contributed by atoms with van der Waals surface area (Å²) >= 11 is 0. The fraction of sp³-hybridized carbons (Fsp3) is 0.462. The molecule has 1 N–H and O–H groups in total. The highest BCUT2D eigenvalue weighted by molar-refractivity contribution is 5.24. The van der Waals surface area contributed by atoms with E-state index in [-0.39, 0.29) is 6.61 Å². The Balaban J connectivity index is 2.57. The van der Waals surface area contributed by atoms with E-state index in [0.29, 0.717) is 13.0 Å². The molecule has 0 unspecified atom stereocenters. The Morgan fingerprint density at radius 2 is 1.88 bits per heavy atom. The average molecular weight is 218 g/mol. The summed E-state index contributed by atoms with van der Waals surface area (Å²) in [6, 6.07) is 10.2. The third-order valence-electron chi connectivity index (χ3n) is 2.58. The lowest BCUT2D eigenvalue weighted by Crippen LogP contribution is -2.26. The van der Waals surface area contributed by atoms with Crippen molar-refractivity contribution in [1.29, 1.82) is 5.26 Å². The van der Waals surface area contributed by atoms with Gasteiger partial charge in [-0.1, -0.05) is 31.2 Å². The second-order valence-corrected chi connectivity index (χ2v) is 3.74. The SMILES string of the molecule is CCN(CCO)Cc1ccc(CC#N)cc1. The predicted molar refractivity (Wildman–Crippen MR) is 63.8 cm³/mol. The molecule has 3 heteroatoms. The molecular weight excluding hydrogens is 200 g/mol. The number of hydrogen-bond acceptors (Lipinski definition) is 3. The van der Waals surface area contributed by atoms with Crippen LogP contribution in [0.3, 0.4) is 0 Å². The van der Waals surface area contributed by atoms with Gasteiger partial charge in [0.2, 0.25) is 0 Å². The quantitative estimate of drug-likeness (QED) is 0.788. The number of nitrogens with zero attached hydrogens (tertiary/aromatic N) is 2. The molecule has 0 saturated heterocycles. The summed E-state index contributed by atoms with van der Waals surface area (Å²) in [5, 5.41) is 17.4. The van der Waals surface area contributed by atoms with Gasteiger partial charge < -0.3 is 5.11 Å². The minimum atomic E-state index is 0.195. The molecule has 0 fully saturated rings. The highest BCUT2D eigenvalue weighted by atomic mass is 16.3. The van der Waals surface area contributed by atoms with Crippen LogP contribution in [0.4, 0.5) is 0 Å². The number of benzene rings is 1. The van der Waals surface area contributed by atoms with Crippen molar-refractivity contribution in [1.82, 2.24) is 4.90 Å². The molecule has 0 amide bonds. The second-order valence-electron chi connectivity index (χ2n) is 3.74. The first kappa shape index (κ1) is 12.7. The minimum absolute atomic E-state index is 0.195.